The summed E-state index contributed by atoms with van der Waals surface area (Å²) in [5, 5.41) is 0. The van der Waals surface area contributed by atoms with Crippen molar-refractivity contribution in [3.8, 4) is 0 Å². The van der Waals surface area contributed by atoms with Gasteiger partial charge in [0.25, 0.3) is 0 Å². The molecule has 0 heterocycles. The summed E-state index contributed by atoms with van der Waals surface area (Å²) in [7, 11) is 0. The van der Waals surface area contributed by atoms with Gasteiger partial charge in [0.05, 0.1) is 0 Å². The molecule has 0 nitrogen and oxygen atoms in total. The molecule has 0 aliphatic heterocycles. The minimum Gasteiger partial charge on any atom is -0.0870 e. The van der Waals surface area contributed by atoms with Gasteiger partial charge in [-0.3, -0.25) is 0 Å². The molecule has 0 spiro atoms. The predicted molar refractivity (Wildman–Crippen MR) is 46.8 cm³/mol. The average Bonchev–Trinajstić information content (AvgIpc) is 1.82. The van der Waals surface area contributed by atoms with Crippen molar-refractivity contribution < 1.29 is 0 Å². The fourth-order valence-corrected chi connectivity index (χ4v) is 0.782. The molecule has 0 aliphatic rings. The van der Waals surface area contributed by atoms with Gasteiger partial charge in [-0.05, 0) is 26.3 Å². The summed E-state index contributed by atoms with van der Waals surface area (Å²) < 4.78 is 0. The Morgan fingerprint density at radius 3 is 2.00 bits per heavy atom. The third-order valence-electron chi connectivity index (χ3n) is 1.06. The topological polar surface area (TPSA) is 0 Å². The first-order valence-corrected chi connectivity index (χ1v) is 3.43. The van der Waals surface area contributed by atoms with E-state index in [0.717, 1.165) is 10.4 Å². The van der Waals surface area contributed by atoms with Gasteiger partial charge in [-0.25, -0.2) is 0 Å². The summed E-state index contributed by atoms with van der Waals surface area (Å²) in [6.07, 6.45) is 6.02. The van der Waals surface area contributed by atoms with Crippen molar-refractivity contribution in [2.75, 3.05) is 0 Å². The maximum Gasteiger partial charge on any atom is 0.0190 e. The van der Waals surface area contributed by atoms with E-state index >= 15 is 0 Å². The quantitative estimate of drug-likeness (QED) is 0.323. The summed E-state index contributed by atoms with van der Waals surface area (Å²) in [5.41, 5.74) is 1.15. The Bertz CT molecular complexity index is 152. The zero-order chi connectivity index (χ0) is 7.28. The second kappa shape index (κ2) is 4.45. The van der Waals surface area contributed by atoms with Gasteiger partial charge < -0.3 is 0 Å². The molecule has 0 fully saturated rings. The van der Waals surface area contributed by atoms with Crippen molar-refractivity contribution in [3.05, 3.63) is 23.8 Å². The summed E-state index contributed by atoms with van der Waals surface area (Å²) in [6, 6.07) is 0. The largest absolute Gasteiger partial charge is 0.0870 e. The second-order valence-electron chi connectivity index (χ2n) is 1.80. The summed E-state index contributed by atoms with van der Waals surface area (Å²) >= 11 is 4.96. The number of hydrogen-bond acceptors (Lipinski definition) is 1. The summed E-state index contributed by atoms with van der Waals surface area (Å²) in [5.74, 6) is 0. The Kier molecular flexibility index (Phi) is 4.24. The molecule has 0 radical (unpaired) electrons. The van der Waals surface area contributed by atoms with Crippen molar-refractivity contribution in [1.82, 2.24) is 0 Å². The van der Waals surface area contributed by atoms with E-state index in [1.165, 1.54) is 0 Å². The molecule has 0 aliphatic carbocycles. The van der Waals surface area contributed by atoms with Gasteiger partial charge >= 0.3 is 0 Å². The molecule has 0 bridgehead atoms. The number of hydrogen-bond donors (Lipinski definition) is 0. The minimum atomic E-state index is 0.954. The first-order valence-electron chi connectivity index (χ1n) is 3.02. The Hall–Kier alpha value is -0.430. The van der Waals surface area contributed by atoms with E-state index in [0.29, 0.717) is 0 Å². The average molecular weight is 140 g/mol. The van der Waals surface area contributed by atoms with Gasteiger partial charge in [0, 0.05) is 4.86 Å². The standard InChI is InChI=1S/C8H12S/c1-4-6-8(5-2)7(3)9/h4-6H,1-3H3/b6-4-,8-5+. The Balaban J connectivity index is 4.19. The van der Waals surface area contributed by atoms with Crippen molar-refractivity contribution in [3.63, 3.8) is 0 Å². The van der Waals surface area contributed by atoms with Crippen LogP contribution in [0.25, 0.3) is 0 Å². The van der Waals surface area contributed by atoms with Crippen LogP contribution in [-0.2, 0) is 0 Å². The molecule has 0 atom stereocenters. The maximum atomic E-state index is 4.96. The SMILES string of the molecule is C/C=C\C(=C/C)C(C)=S. The predicted octanol–water partition coefficient (Wildman–Crippen LogP) is 2.90. The maximum absolute atomic E-state index is 4.96. The first kappa shape index (κ1) is 8.57. The Morgan fingerprint density at radius 2 is 1.89 bits per heavy atom. The van der Waals surface area contributed by atoms with Crippen LogP contribution in [0.5, 0.6) is 0 Å². The summed E-state index contributed by atoms with van der Waals surface area (Å²) in [6.45, 7) is 5.91. The normalized spacial score (nSPS) is 12.6. The molecule has 0 aromatic heterocycles. The molecule has 0 saturated heterocycles. The number of allylic oxidation sites excluding steroid dienone is 4. The van der Waals surface area contributed by atoms with Gasteiger partial charge in [-0.1, -0.05) is 30.4 Å². The molecule has 50 valence electrons. The van der Waals surface area contributed by atoms with Crippen molar-refractivity contribution in [2.45, 2.75) is 20.8 Å². The Labute approximate surface area is 62.3 Å². The van der Waals surface area contributed by atoms with E-state index in [2.05, 4.69) is 0 Å². The van der Waals surface area contributed by atoms with Crippen LogP contribution in [0.3, 0.4) is 0 Å². The lowest BCUT2D eigenvalue weighted by Gasteiger charge is -1.93. The highest BCUT2D eigenvalue weighted by molar-refractivity contribution is 7.80. The second-order valence-corrected chi connectivity index (χ2v) is 2.41. The lowest BCUT2D eigenvalue weighted by atomic mass is 10.2. The lowest BCUT2D eigenvalue weighted by molar-refractivity contribution is 1.61. The van der Waals surface area contributed by atoms with Crippen LogP contribution in [0.15, 0.2) is 23.8 Å². The van der Waals surface area contributed by atoms with Crippen LogP contribution in [0.2, 0.25) is 0 Å². The highest BCUT2D eigenvalue weighted by Crippen LogP contribution is 1.99. The fraction of sp³-hybridized carbons (Fsp3) is 0.375. The fourth-order valence-electron chi connectivity index (χ4n) is 0.596. The highest BCUT2D eigenvalue weighted by atomic mass is 32.1. The third kappa shape index (κ3) is 3.20. The van der Waals surface area contributed by atoms with E-state index in [9.17, 15) is 0 Å². The molecule has 9 heavy (non-hydrogen) atoms. The minimum absolute atomic E-state index is 0.954. The smallest absolute Gasteiger partial charge is 0.0190 e. The van der Waals surface area contributed by atoms with E-state index in [-0.39, 0.29) is 0 Å². The zero-order valence-electron chi connectivity index (χ0n) is 6.14. The number of thiocarbonyl (C=S) groups is 1. The van der Waals surface area contributed by atoms with Crippen LogP contribution < -0.4 is 0 Å². The van der Waals surface area contributed by atoms with Crippen LogP contribution >= 0.6 is 12.2 Å². The highest BCUT2D eigenvalue weighted by Gasteiger charge is 1.88. The van der Waals surface area contributed by atoms with Crippen LogP contribution in [0, 0.1) is 0 Å². The molecule has 1 heteroatoms. The monoisotopic (exact) mass is 140 g/mol. The third-order valence-corrected chi connectivity index (χ3v) is 1.30. The van der Waals surface area contributed by atoms with Gasteiger partial charge in [-0.2, -0.15) is 0 Å². The molecule has 0 unspecified atom stereocenters. The molecular formula is C8H12S. The lowest BCUT2D eigenvalue weighted by Crippen LogP contribution is -1.87. The molecule has 0 amide bonds. The summed E-state index contributed by atoms with van der Waals surface area (Å²) in [4.78, 5) is 0.954. The van der Waals surface area contributed by atoms with Gasteiger partial charge in [0.2, 0.25) is 0 Å². The van der Waals surface area contributed by atoms with Crippen LogP contribution in [0.4, 0.5) is 0 Å². The molecule has 0 N–H and O–H groups in total. The van der Waals surface area contributed by atoms with Gasteiger partial charge in [-0.15, -0.1) is 0 Å². The molecule has 0 rings (SSSR count). The van der Waals surface area contributed by atoms with Crippen molar-refractivity contribution >= 4 is 17.1 Å². The molecule has 0 saturated carbocycles. The van der Waals surface area contributed by atoms with E-state index in [1.807, 2.05) is 39.0 Å². The van der Waals surface area contributed by atoms with Crippen molar-refractivity contribution in [1.29, 1.82) is 0 Å². The molecule has 0 aromatic carbocycles. The van der Waals surface area contributed by atoms with Gasteiger partial charge in [0.1, 0.15) is 0 Å². The van der Waals surface area contributed by atoms with E-state index in [1.54, 1.807) is 0 Å². The van der Waals surface area contributed by atoms with E-state index in [4.69, 9.17) is 12.2 Å². The van der Waals surface area contributed by atoms with Crippen LogP contribution in [0.1, 0.15) is 20.8 Å². The van der Waals surface area contributed by atoms with Gasteiger partial charge in [0.15, 0.2) is 0 Å². The van der Waals surface area contributed by atoms with Crippen molar-refractivity contribution in [2.24, 2.45) is 0 Å². The zero-order valence-corrected chi connectivity index (χ0v) is 6.96. The number of rotatable bonds is 2. The Morgan fingerprint density at radius 1 is 1.33 bits per heavy atom. The molecular weight excluding hydrogens is 128 g/mol. The first-order chi connectivity index (χ1) is 4.22. The van der Waals surface area contributed by atoms with E-state index < -0.39 is 0 Å². The van der Waals surface area contributed by atoms with Crippen LogP contribution in [-0.4, -0.2) is 4.86 Å². The molecule has 0 aromatic rings.